The summed E-state index contributed by atoms with van der Waals surface area (Å²) in [5.41, 5.74) is 17.9. The van der Waals surface area contributed by atoms with Gasteiger partial charge in [0.25, 0.3) is 6.33 Å². The standard InChI is InChI=1S/C80H78N4O.Pt/c1-76(2,3)58-41-55(42-59(45-58)77(4,5)6)53-38-54(56-43-60(78(7,8)9)46-61(44-56)79(10,11)12)40-57(39-53)68-50-81-75(49-69(68)80(13,14)15)84-71-33-22-20-31-66(71)67-37-36-64(48-74(67)84)85-63-29-25-28-62(47-63)82-51-83(73-35-24-23-34-72(73)82)70-32-21-19-30-65(70)52-26-17-16-18-27-52;/h16-46,49-50H,1-15H3;/q-2;/i16D,17D,18D,26D,27D;. The van der Waals surface area contributed by atoms with Crippen LogP contribution in [-0.2, 0) is 48.1 Å². The number of aromatic nitrogens is 4. The third-order valence-corrected chi connectivity index (χ3v) is 16.4. The van der Waals surface area contributed by atoms with Crippen molar-refractivity contribution in [2.45, 2.75) is 131 Å². The van der Waals surface area contributed by atoms with Crippen LogP contribution >= 0.6 is 0 Å². The van der Waals surface area contributed by atoms with Crippen molar-refractivity contribution in [2.75, 3.05) is 0 Å². The first-order chi connectivity index (χ1) is 42.3. The first kappa shape index (κ1) is 53.4. The Labute approximate surface area is 531 Å². The Kier molecular flexibility index (Phi) is 13.8. The molecule has 436 valence electrons. The second kappa shape index (κ2) is 22.3. The van der Waals surface area contributed by atoms with Gasteiger partial charge in [-0.25, -0.2) is 4.98 Å². The fourth-order valence-electron chi connectivity index (χ4n) is 11.5. The van der Waals surface area contributed by atoms with Crippen molar-refractivity contribution in [1.29, 1.82) is 0 Å². The van der Waals surface area contributed by atoms with Gasteiger partial charge in [-0.1, -0.05) is 237 Å². The molecule has 0 bridgehead atoms. The zero-order valence-corrected chi connectivity index (χ0v) is 54.5. The first-order valence-corrected chi connectivity index (χ1v) is 29.6. The molecule has 0 radical (unpaired) electrons. The molecule has 12 aromatic rings. The maximum atomic E-state index is 8.85. The number of fused-ring (bicyclic) bond motifs is 4. The van der Waals surface area contributed by atoms with Gasteiger partial charge >= 0.3 is 0 Å². The Balaban J connectivity index is 0.00000850. The fraction of sp³-hybridized carbons (Fsp3) is 0.250. The molecule has 0 aliphatic carbocycles. The predicted molar refractivity (Wildman–Crippen MR) is 355 cm³/mol. The van der Waals surface area contributed by atoms with Gasteiger partial charge in [-0.05, 0) is 141 Å². The molecule has 6 heteroatoms. The van der Waals surface area contributed by atoms with E-state index in [0.717, 1.165) is 66.5 Å². The number of rotatable bonds is 9. The van der Waals surface area contributed by atoms with Crippen molar-refractivity contribution < 1.29 is 37.2 Å². The summed E-state index contributed by atoms with van der Waals surface area (Å²) in [5.74, 6) is 1.72. The number of ether oxygens (including phenoxy) is 1. The molecule has 0 N–H and O–H groups in total. The molecule has 3 heterocycles. The van der Waals surface area contributed by atoms with Gasteiger partial charge in [0.15, 0.2) is 0 Å². The zero-order valence-electron chi connectivity index (χ0n) is 57.2. The summed E-state index contributed by atoms with van der Waals surface area (Å²) in [7, 11) is 0. The van der Waals surface area contributed by atoms with E-state index in [1.165, 1.54) is 33.4 Å². The van der Waals surface area contributed by atoms with Gasteiger partial charge < -0.3 is 13.9 Å². The predicted octanol–water partition coefficient (Wildman–Crippen LogP) is 20.7. The summed E-state index contributed by atoms with van der Waals surface area (Å²) in [5, 5.41) is 2.08. The average molecular weight is 1310 g/mol. The minimum absolute atomic E-state index is 0. The summed E-state index contributed by atoms with van der Waals surface area (Å²) in [6.45, 7) is 34.5. The van der Waals surface area contributed by atoms with E-state index in [1.807, 2.05) is 69.8 Å². The molecule has 86 heavy (non-hydrogen) atoms. The van der Waals surface area contributed by atoms with E-state index in [1.54, 1.807) is 12.1 Å². The van der Waals surface area contributed by atoms with Crippen molar-refractivity contribution in [3.8, 4) is 73.2 Å². The van der Waals surface area contributed by atoms with Crippen molar-refractivity contribution in [2.24, 2.45) is 0 Å². The van der Waals surface area contributed by atoms with Crippen molar-refractivity contribution in [3.63, 3.8) is 0 Å². The van der Waals surface area contributed by atoms with E-state index in [0.29, 0.717) is 28.4 Å². The molecule has 9 aromatic carbocycles. The Morgan fingerprint density at radius 3 is 1.59 bits per heavy atom. The molecular formula is C80H78N4OPt-2. The van der Waals surface area contributed by atoms with Crippen LogP contribution in [0.1, 0.15) is 139 Å². The molecule has 12 rings (SSSR count). The normalized spacial score (nSPS) is 13.3. The van der Waals surface area contributed by atoms with Crippen LogP contribution < -0.4 is 9.30 Å². The van der Waals surface area contributed by atoms with Crippen LogP contribution in [0.25, 0.3) is 94.5 Å². The first-order valence-electron chi connectivity index (χ1n) is 32.1. The van der Waals surface area contributed by atoms with Crippen LogP contribution in [0, 0.1) is 18.5 Å². The summed E-state index contributed by atoms with van der Waals surface area (Å²) >= 11 is 0. The van der Waals surface area contributed by atoms with Crippen LogP contribution in [0.3, 0.4) is 0 Å². The van der Waals surface area contributed by atoms with Crippen LogP contribution in [0.2, 0.25) is 0 Å². The molecule has 0 aliphatic heterocycles. The summed E-state index contributed by atoms with van der Waals surface area (Å²) in [6.07, 6.45) is 5.60. The number of hydrogen-bond donors (Lipinski definition) is 0. The number of benzene rings is 9. The van der Waals surface area contributed by atoms with E-state index in [4.69, 9.17) is 16.6 Å². The maximum Gasteiger partial charge on any atom is 0.268 e. The minimum atomic E-state index is -0.439. The molecular weight excluding hydrogens is 1230 g/mol. The van der Waals surface area contributed by atoms with Crippen molar-refractivity contribution >= 4 is 32.8 Å². The molecule has 3 aromatic heterocycles. The molecule has 0 amide bonds. The Bertz CT molecular complexity index is 4660. The summed E-state index contributed by atoms with van der Waals surface area (Å²) in [4.78, 5) is 5.46. The van der Waals surface area contributed by atoms with Crippen LogP contribution in [-0.4, -0.2) is 14.1 Å². The topological polar surface area (TPSA) is 35.9 Å². The number of nitrogens with zero attached hydrogens (tertiary/aromatic N) is 4. The van der Waals surface area contributed by atoms with Gasteiger partial charge in [-0.15, -0.1) is 29.7 Å². The average Bonchev–Trinajstić information content (AvgIpc) is 1.68. The number of imidazole rings is 1. The van der Waals surface area contributed by atoms with Crippen molar-refractivity contribution in [1.82, 2.24) is 14.1 Å². The number of hydrogen-bond acceptors (Lipinski definition) is 2. The summed E-state index contributed by atoms with van der Waals surface area (Å²) in [6, 6.07) is 62.7. The monoisotopic (exact) mass is 1310 g/mol. The molecule has 0 saturated heterocycles. The largest absolute Gasteiger partial charge is 0.510 e. The van der Waals surface area contributed by atoms with E-state index >= 15 is 0 Å². The van der Waals surface area contributed by atoms with Gasteiger partial charge in [0.1, 0.15) is 5.82 Å². The molecule has 0 unspecified atom stereocenters. The molecule has 5 nitrogen and oxygen atoms in total. The van der Waals surface area contributed by atoms with Crippen LogP contribution in [0.15, 0.2) is 200 Å². The summed E-state index contributed by atoms with van der Waals surface area (Å²) < 4.78 is 55.6. The Hall–Kier alpha value is -8.11. The number of pyridine rings is 1. The maximum absolute atomic E-state index is 8.85. The van der Waals surface area contributed by atoms with Gasteiger partial charge in [-0.3, -0.25) is 4.57 Å². The van der Waals surface area contributed by atoms with Crippen molar-refractivity contribution in [3.05, 3.63) is 246 Å². The van der Waals surface area contributed by atoms with Crippen LogP contribution in [0.4, 0.5) is 0 Å². The Morgan fingerprint density at radius 2 is 0.988 bits per heavy atom. The molecule has 0 saturated carbocycles. The van der Waals surface area contributed by atoms with Gasteiger partial charge in [-0.2, -0.15) is 18.2 Å². The van der Waals surface area contributed by atoms with Crippen LogP contribution in [0.5, 0.6) is 11.5 Å². The Morgan fingerprint density at radius 1 is 0.453 bits per heavy atom. The molecule has 0 aliphatic rings. The quantitative estimate of drug-likeness (QED) is 0.107. The third-order valence-electron chi connectivity index (χ3n) is 16.4. The van der Waals surface area contributed by atoms with Gasteiger partial charge in [0.2, 0.25) is 0 Å². The molecule has 0 spiro atoms. The molecule has 0 atom stereocenters. The van der Waals surface area contributed by atoms with Gasteiger partial charge in [0, 0.05) is 49.8 Å². The van der Waals surface area contributed by atoms with E-state index in [-0.39, 0.29) is 65.8 Å². The van der Waals surface area contributed by atoms with E-state index in [2.05, 4.69) is 224 Å². The molecule has 0 fully saturated rings. The zero-order chi connectivity index (χ0) is 64.3. The van der Waals surface area contributed by atoms with E-state index < -0.39 is 18.1 Å². The second-order valence-corrected chi connectivity index (χ2v) is 28.0. The number of para-hydroxylation sites is 4. The van der Waals surface area contributed by atoms with E-state index in [9.17, 15) is 0 Å². The minimum Gasteiger partial charge on any atom is -0.510 e. The smallest absolute Gasteiger partial charge is 0.268 e. The third kappa shape index (κ3) is 11.7. The van der Waals surface area contributed by atoms with Gasteiger partial charge in [0.05, 0.1) is 23.6 Å². The second-order valence-electron chi connectivity index (χ2n) is 28.0. The fourth-order valence-corrected chi connectivity index (χ4v) is 11.5. The SMILES string of the molecule is [2H]c1c([2H])c([2H])c(-c2ccccc2-[n+]2[c-]n(-c3[c-]c(Oc4[c-]c5c(cc4)c4ccccc4n5-c4cc(C(C)(C)C)c(-c5cc(-c6cc(C(C)(C)C)cc(C(C)(C)C)c6)cc(-c6cc(C(C)(C)C)cc(C(C)(C)C)c6)c5)cn4)ccc3)c3ccccc32)c([2H])c1[2H].[Pt].